The first-order valence-electron chi connectivity index (χ1n) is 9.26. The Bertz CT molecular complexity index is 984. The molecule has 2 aliphatic heterocycles. The molecule has 2 aliphatic rings. The molecule has 0 aliphatic carbocycles. The number of rotatable bonds is 6. The molecule has 0 saturated carbocycles. The van der Waals surface area contributed by atoms with Crippen LogP contribution in [0.25, 0.3) is 6.08 Å². The number of β-lactam (4-membered cyclic amide) rings is 1. The van der Waals surface area contributed by atoms with E-state index in [9.17, 15) is 9.59 Å². The molecule has 2 atom stereocenters. The maximum atomic E-state index is 12.6. The molecule has 2 amide bonds. The fraction of sp³-hybridized carbons (Fsp3) is 0.286. The summed E-state index contributed by atoms with van der Waals surface area (Å²) in [6.45, 7) is 3.82. The van der Waals surface area contributed by atoms with Crippen LogP contribution in [0.3, 0.4) is 0 Å². The van der Waals surface area contributed by atoms with Gasteiger partial charge in [-0.3, -0.25) is 14.5 Å². The number of hydrogen-bond acceptors (Lipinski definition) is 6. The molecule has 1 saturated heterocycles. The molecular weight excluding hydrogens is 406 g/mol. The molecule has 150 valence electrons. The highest BCUT2D eigenvalue weighted by atomic mass is 32.2. The fourth-order valence-electron chi connectivity index (χ4n) is 3.25. The van der Waals surface area contributed by atoms with Crippen LogP contribution in [0.5, 0.6) is 0 Å². The summed E-state index contributed by atoms with van der Waals surface area (Å²) < 4.78 is 5.19. The van der Waals surface area contributed by atoms with Gasteiger partial charge in [-0.2, -0.15) is 0 Å². The molecule has 1 fully saturated rings. The van der Waals surface area contributed by atoms with Crippen molar-refractivity contribution in [1.82, 2.24) is 15.4 Å². The maximum absolute atomic E-state index is 12.6. The fourth-order valence-corrected chi connectivity index (χ4v) is 5.43. The Hall–Kier alpha value is -2.45. The molecule has 2 unspecified atom stereocenters. The van der Waals surface area contributed by atoms with Gasteiger partial charge in [0.05, 0.1) is 11.4 Å². The van der Waals surface area contributed by atoms with E-state index in [1.807, 2.05) is 62.4 Å². The SMILES string of the molecule is CC1=C(C=Cc2cc(C)no2)CSC2C(NC(=O)CSc3ccccc3)C(=O)N12. The van der Waals surface area contributed by atoms with Gasteiger partial charge in [0.1, 0.15) is 11.4 Å². The summed E-state index contributed by atoms with van der Waals surface area (Å²) in [4.78, 5) is 27.7. The molecule has 1 N–H and O–H groups in total. The van der Waals surface area contributed by atoms with E-state index in [-0.39, 0.29) is 17.2 Å². The number of nitrogens with zero attached hydrogens (tertiary/aromatic N) is 2. The third kappa shape index (κ3) is 4.28. The number of nitrogens with one attached hydrogen (secondary N) is 1. The van der Waals surface area contributed by atoms with Crippen LogP contribution in [0, 0.1) is 6.92 Å². The highest BCUT2D eigenvalue weighted by Gasteiger charge is 2.51. The van der Waals surface area contributed by atoms with Gasteiger partial charge in [0.2, 0.25) is 5.91 Å². The molecule has 2 aromatic rings. The lowest BCUT2D eigenvalue weighted by Gasteiger charge is -2.49. The van der Waals surface area contributed by atoms with Gasteiger partial charge < -0.3 is 9.84 Å². The maximum Gasteiger partial charge on any atom is 0.253 e. The predicted molar refractivity (Wildman–Crippen MR) is 115 cm³/mol. The number of carbonyl (C=O) groups excluding carboxylic acids is 2. The lowest BCUT2D eigenvalue weighted by molar-refractivity contribution is -0.145. The Kier molecular flexibility index (Phi) is 5.82. The van der Waals surface area contributed by atoms with Gasteiger partial charge in [-0.25, -0.2) is 0 Å². The van der Waals surface area contributed by atoms with Crippen molar-refractivity contribution < 1.29 is 14.1 Å². The minimum atomic E-state index is -0.457. The minimum Gasteiger partial charge on any atom is -0.357 e. The summed E-state index contributed by atoms with van der Waals surface area (Å²) in [7, 11) is 0. The van der Waals surface area contributed by atoms with Gasteiger partial charge >= 0.3 is 0 Å². The summed E-state index contributed by atoms with van der Waals surface area (Å²) >= 11 is 3.13. The monoisotopic (exact) mass is 427 g/mol. The Labute approximate surface area is 177 Å². The summed E-state index contributed by atoms with van der Waals surface area (Å²) in [5.74, 6) is 1.58. The normalized spacial score (nSPS) is 21.3. The Balaban J connectivity index is 1.35. The largest absolute Gasteiger partial charge is 0.357 e. The average molecular weight is 428 g/mol. The molecule has 0 bridgehead atoms. The number of aromatic nitrogens is 1. The Morgan fingerprint density at radius 2 is 2.14 bits per heavy atom. The number of hydrogen-bond donors (Lipinski definition) is 1. The van der Waals surface area contributed by atoms with E-state index in [2.05, 4.69) is 10.5 Å². The number of benzene rings is 1. The second-order valence-corrected chi connectivity index (χ2v) is 9.03. The van der Waals surface area contributed by atoms with Gasteiger partial charge in [0, 0.05) is 22.4 Å². The summed E-state index contributed by atoms with van der Waals surface area (Å²) in [6.07, 6.45) is 3.83. The second kappa shape index (κ2) is 8.51. The third-order valence-corrected chi connectivity index (χ3v) is 7.12. The van der Waals surface area contributed by atoms with Crippen LogP contribution in [-0.4, -0.2) is 44.8 Å². The molecule has 4 rings (SSSR count). The molecular formula is C21H21N3O3S2. The van der Waals surface area contributed by atoms with Crippen LogP contribution in [0.2, 0.25) is 0 Å². The van der Waals surface area contributed by atoms with E-state index < -0.39 is 6.04 Å². The van der Waals surface area contributed by atoms with E-state index in [0.29, 0.717) is 11.5 Å². The van der Waals surface area contributed by atoms with E-state index in [0.717, 1.165) is 27.6 Å². The summed E-state index contributed by atoms with van der Waals surface area (Å²) in [6, 6.07) is 11.2. The van der Waals surface area contributed by atoms with Crippen LogP contribution in [0.4, 0.5) is 0 Å². The molecule has 29 heavy (non-hydrogen) atoms. The van der Waals surface area contributed by atoms with Crippen molar-refractivity contribution in [2.45, 2.75) is 30.2 Å². The first kappa shape index (κ1) is 19.8. The van der Waals surface area contributed by atoms with Crippen LogP contribution in [0.15, 0.2) is 63.2 Å². The van der Waals surface area contributed by atoms with Crippen molar-refractivity contribution in [3.63, 3.8) is 0 Å². The quantitative estimate of drug-likeness (QED) is 0.562. The first-order chi connectivity index (χ1) is 14.0. The summed E-state index contributed by atoms with van der Waals surface area (Å²) in [5.41, 5.74) is 2.82. The highest BCUT2D eigenvalue weighted by Crippen LogP contribution is 2.40. The molecule has 1 aromatic heterocycles. The highest BCUT2D eigenvalue weighted by molar-refractivity contribution is 8.00. The Morgan fingerprint density at radius 1 is 1.34 bits per heavy atom. The zero-order chi connectivity index (χ0) is 20.4. The number of allylic oxidation sites excluding steroid dienone is 2. The van der Waals surface area contributed by atoms with Gasteiger partial charge in [0.15, 0.2) is 5.76 Å². The first-order valence-corrected chi connectivity index (χ1v) is 11.3. The Morgan fingerprint density at radius 3 is 2.86 bits per heavy atom. The van der Waals surface area contributed by atoms with Crippen LogP contribution in [-0.2, 0) is 9.59 Å². The third-order valence-electron chi connectivity index (χ3n) is 4.80. The van der Waals surface area contributed by atoms with E-state index >= 15 is 0 Å². The van der Waals surface area contributed by atoms with Crippen LogP contribution in [0.1, 0.15) is 18.4 Å². The molecule has 6 nitrogen and oxygen atoms in total. The average Bonchev–Trinajstić information content (AvgIpc) is 3.15. The zero-order valence-corrected chi connectivity index (χ0v) is 17.8. The molecule has 1 aromatic carbocycles. The van der Waals surface area contributed by atoms with Crippen LogP contribution >= 0.6 is 23.5 Å². The zero-order valence-electron chi connectivity index (χ0n) is 16.1. The van der Waals surface area contributed by atoms with Gasteiger partial charge in [-0.15, -0.1) is 23.5 Å². The molecule has 0 radical (unpaired) electrons. The van der Waals surface area contributed by atoms with E-state index in [1.54, 1.807) is 16.7 Å². The number of carbonyl (C=O) groups is 2. The second-order valence-electron chi connectivity index (χ2n) is 6.87. The smallest absolute Gasteiger partial charge is 0.253 e. The lowest BCUT2D eigenvalue weighted by atomic mass is 10.0. The van der Waals surface area contributed by atoms with Gasteiger partial charge in [-0.1, -0.05) is 29.4 Å². The predicted octanol–water partition coefficient (Wildman–Crippen LogP) is 3.46. The van der Waals surface area contributed by atoms with Crippen molar-refractivity contribution in [1.29, 1.82) is 0 Å². The topological polar surface area (TPSA) is 75.4 Å². The number of fused-ring (bicyclic) bond motifs is 1. The van der Waals surface area contributed by atoms with E-state index in [4.69, 9.17) is 4.52 Å². The minimum absolute atomic E-state index is 0.0437. The summed E-state index contributed by atoms with van der Waals surface area (Å²) in [5, 5.41) is 6.72. The van der Waals surface area contributed by atoms with Crippen molar-refractivity contribution in [2.75, 3.05) is 11.5 Å². The number of aryl methyl sites for hydroxylation is 1. The lowest BCUT2D eigenvalue weighted by Crippen LogP contribution is -2.69. The standard InChI is InChI=1S/C21H21N3O3S2/c1-13-10-16(27-23-13)9-8-15-11-29-21-19(20(26)24(21)14(15)2)22-18(25)12-28-17-6-4-3-5-7-17/h3-10,19,21H,11-12H2,1-2H3,(H,22,25). The van der Waals surface area contributed by atoms with Gasteiger partial charge in [0.25, 0.3) is 5.91 Å². The number of thioether (sulfide) groups is 2. The van der Waals surface area contributed by atoms with E-state index in [1.165, 1.54) is 11.8 Å². The molecule has 8 heteroatoms. The van der Waals surface area contributed by atoms with Crippen LogP contribution < -0.4 is 5.32 Å². The van der Waals surface area contributed by atoms with Crippen molar-refractivity contribution >= 4 is 41.4 Å². The van der Waals surface area contributed by atoms with Crippen molar-refractivity contribution in [3.05, 3.63) is 65.2 Å². The van der Waals surface area contributed by atoms with Crippen molar-refractivity contribution in [2.24, 2.45) is 0 Å². The van der Waals surface area contributed by atoms with Gasteiger partial charge in [-0.05, 0) is 37.6 Å². The molecule has 0 spiro atoms. The number of amides is 2. The van der Waals surface area contributed by atoms with Crippen molar-refractivity contribution in [3.8, 4) is 0 Å². The molecule has 3 heterocycles.